The zero-order chi connectivity index (χ0) is 16.9. The number of anilines is 3. The Morgan fingerprint density at radius 3 is 2.67 bits per heavy atom. The summed E-state index contributed by atoms with van der Waals surface area (Å²) < 4.78 is 0.983. The minimum atomic E-state index is -0.238. The number of hydrogen-bond acceptors (Lipinski definition) is 4. The van der Waals surface area contributed by atoms with Crippen LogP contribution in [0.15, 0.2) is 65.5 Å². The fraction of sp³-hybridized carbons (Fsp3) is 0.0556. The minimum Gasteiger partial charge on any atom is -0.353 e. The Morgan fingerprint density at radius 1 is 1.12 bits per heavy atom. The third kappa shape index (κ3) is 3.97. The zero-order valence-electron chi connectivity index (χ0n) is 13.0. The van der Waals surface area contributed by atoms with Crippen LogP contribution in [0.2, 0.25) is 0 Å². The van der Waals surface area contributed by atoms with Crippen molar-refractivity contribution in [3.63, 3.8) is 0 Å². The summed E-state index contributed by atoms with van der Waals surface area (Å²) in [5.41, 5.74) is 3.46. The number of benzene rings is 1. The quantitative estimate of drug-likeness (QED) is 0.694. The predicted molar refractivity (Wildman–Crippen MR) is 98.6 cm³/mol. The molecule has 24 heavy (non-hydrogen) atoms. The first-order valence-electron chi connectivity index (χ1n) is 7.32. The molecule has 2 N–H and O–H groups in total. The molecular weight excluding hydrogens is 368 g/mol. The summed E-state index contributed by atoms with van der Waals surface area (Å²) in [6.45, 7) is 2.04. The highest BCUT2D eigenvalue weighted by atomic mass is 79.9. The lowest BCUT2D eigenvalue weighted by atomic mass is 10.2. The molecular formula is C18H15BrN4O. The minimum absolute atomic E-state index is 0.238. The average molecular weight is 383 g/mol. The number of aromatic nitrogens is 2. The second-order valence-corrected chi connectivity index (χ2v) is 6.09. The van der Waals surface area contributed by atoms with Crippen LogP contribution in [0, 0.1) is 6.92 Å². The van der Waals surface area contributed by atoms with Gasteiger partial charge in [-0.25, -0.2) is 4.98 Å². The summed E-state index contributed by atoms with van der Waals surface area (Å²) in [5, 5.41) is 6.02. The second kappa shape index (κ2) is 7.23. The van der Waals surface area contributed by atoms with Crippen molar-refractivity contribution in [1.82, 2.24) is 9.97 Å². The number of halogens is 1. The van der Waals surface area contributed by atoms with Crippen LogP contribution in [0.3, 0.4) is 0 Å². The van der Waals surface area contributed by atoms with Gasteiger partial charge in [0.25, 0.3) is 5.91 Å². The highest BCUT2D eigenvalue weighted by molar-refractivity contribution is 9.10. The topological polar surface area (TPSA) is 66.9 Å². The Balaban J connectivity index is 1.68. The van der Waals surface area contributed by atoms with Crippen molar-refractivity contribution < 1.29 is 4.79 Å². The molecule has 0 unspecified atom stereocenters. The van der Waals surface area contributed by atoms with Crippen molar-refractivity contribution >= 4 is 39.0 Å². The third-order valence-electron chi connectivity index (χ3n) is 3.33. The van der Waals surface area contributed by atoms with Crippen LogP contribution in [-0.2, 0) is 0 Å². The molecule has 3 aromatic rings. The van der Waals surface area contributed by atoms with Gasteiger partial charge in [-0.2, -0.15) is 0 Å². The van der Waals surface area contributed by atoms with Gasteiger partial charge in [0.1, 0.15) is 5.82 Å². The SMILES string of the molecule is Cc1ccc(Nc2ccc(NC(=O)c3cccnc3)nc2)c(Br)c1. The van der Waals surface area contributed by atoms with E-state index in [0.717, 1.165) is 15.8 Å². The van der Waals surface area contributed by atoms with Gasteiger partial charge in [0.05, 0.1) is 23.1 Å². The van der Waals surface area contributed by atoms with Crippen molar-refractivity contribution in [3.05, 3.63) is 76.7 Å². The van der Waals surface area contributed by atoms with Gasteiger partial charge in [-0.15, -0.1) is 0 Å². The number of nitrogens with one attached hydrogen (secondary N) is 2. The molecule has 0 radical (unpaired) electrons. The van der Waals surface area contributed by atoms with Gasteiger partial charge in [0, 0.05) is 16.9 Å². The molecule has 1 amide bonds. The van der Waals surface area contributed by atoms with E-state index in [9.17, 15) is 4.79 Å². The molecule has 0 aliphatic carbocycles. The summed E-state index contributed by atoms with van der Waals surface area (Å²) in [7, 11) is 0. The van der Waals surface area contributed by atoms with E-state index in [-0.39, 0.29) is 5.91 Å². The number of carbonyl (C=O) groups excluding carboxylic acids is 1. The van der Waals surface area contributed by atoms with E-state index in [1.165, 1.54) is 11.8 Å². The fourth-order valence-corrected chi connectivity index (χ4v) is 2.70. The molecule has 2 heterocycles. The number of rotatable bonds is 4. The Labute approximate surface area is 148 Å². The first-order chi connectivity index (χ1) is 11.6. The lowest BCUT2D eigenvalue weighted by Gasteiger charge is -2.10. The first-order valence-corrected chi connectivity index (χ1v) is 8.12. The van der Waals surface area contributed by atoms with Gasteiger partial charge in [0.2, 0.25) is 0 Å². The van der Waals surface area contributed by atoms with Gasteiger partial charge in [-0.1, -0.05) is 6.07 Å². The first kappa shape index (κ1) is 16.1. The van der Waals surface area contributed by atoms with E-state index < -0.39 is 0 Å². The van der Waals surface area contributed by atoms with Crippen LogP contribution in [0.5, 0.6) is 0 Å². The van der Waals surface area contributed by atoms with Crippen molar-refractivity contribution in [2.75, 3.05) is 10.6 Å². The van der Waals surface area contributed by atoms with Crippen LogP contribution in [0.25, 0.3) is 0 Å². The summed E-state index contributed by atoms with van der Waals surface area (Å²) >= 11 is 3.53. The molecule has 120 valence electrons. The molecule has 0 saturated carbocycles. The maximum absolute atomic E-state index is 12.1. The molecule has 0 spiro atoms. The Kier molecular flexibility index (Phi) is 4.86. The predicted octanol–water partition coefficient (Wildman–Crippen LogP) is 4.54. The lowest BCUT2D eigenvalue weighted by Crippen LogP contribution is -2.13. The van der Waals surface area contributed by atoms with E-state index in [0.29, 0.717) is 11.4 Å². The molecule has 0 saturated heterocycles. The van der Waals surface area contributed by atoms with Gasteiger partial charge in [-0.05, 0) is 64.8 Å². The van der Waals surface area contributed by atoms with Gasteiger partial charge < -0.3 is 10.6 Å². The summed E-state index contributed by atoms with van der Waals surface area (Å²) in [6, 6.07) is 13.1. The fourth-order valence-electron chi connectivity index (χ4n) is 2.10. The number of aryl methyl sites for hydroxylation is 1. The Hall–Kier alpha value is -2.73. The van der Waals surface area contributed by atoms with E-state index in [1.807, 2.05) is 31.2 Å². The smallest absolute Gasteiger partial charge is 0.258 e. The number of hydrogen-bond donors (Lipinski definition) is 2. The maximum Gasteiger partial charge on any atom is 0.258 e. The molecule has 2 aromatic heterocycles. The number of pyridine rings is 2. The highest BCUT2D eigenvalue weighted by Crippen LogP contribution is 2.26. The average Bonchev–Trinajstić information content (AvgIpc) is 2.60. The zero-order valence-corrected chi connectivity index (χ0v) is 14.5. The lowest BCUT2D eigenvalue weighted by molar-refractivity contribution is 0.102. The number of amides is 1. The molecule has 0 bridgehead atoms. The van der Waals surface area contributed by atoms with Gasteiger partial charge >= 0.3 is 0 Å². The van der Waals surface area contributed by atoms with Gasteiger partial charge in [-0.3, -0.25) is 9.78 Å². The third-order valence-corrected chi connectivity index (χ3v) is 3.99. The summed E-state index contributed by atoms with van der Waals surface area (Å²) in [6.07, 6.45) is 4.81. The van der Waals surface area contributed by atoms with Crippen molar-refractivity contribution in [1.29, 1.82) is 0 Å². The standard InChI is InChI=1S/C18H15BrN4O/c1-12-4-6-16(15(19)9-12)22-14-5-7-17(21-11-14)23-18(24)13-3-2-8-20-10-13/h2-11,22H,1H3,(H,21,23,24). The molecule has 0 fully saturated rings. The monoisotopic (exact) mass is 382 g/mol. The molecule has 3 rings (SSSR count). The molecule has 1 aromatic carbocycles. The maximum atomic E-state index is 12.1. The highest BCUT2D eigenvalue weighted by Gasteiger charge is 2.07. The van der Waals surface area contributed by atoms with E-state index in [2.05, 4.69) is 36.5 Å². The van der Waals surface area contributed by atoms with E-state index in [1.54, 1.807) is 30.6 Å². The summed E-state index contributed by atoms with van der Waals surface area (Å²) in [5.74, 6) is 0.245. The number of carbonyl (C=O) groups is 1. The molecule has 5 nitrogen and oxygen atoms in total. The van der Waals surface area contributed by atoms with Crippen LogP contribution < -0.4 is 10.6 Å². The number of nitrogens with zero attached hydrogens (tertiary/aromatic N) is 2. The Bertz CT molecular complexity index is 851. The van der Waals surface area contributed by atoms with E-state index >= 15 is 0 Å². The van der Waals surface area contributed by atoms with Crippen LogP contribution in [-0.4, -0.2) is 15.9 Å². The van der Waals surface area contributed by atoms with Gasteiger partial charge in [0.15, 0.2) is 0 Å². The van der Waals surface area contributed by atoms with Crippen LogP contribution in [0.4, 0.5) is 17.2 Å². The normalized spacial score (nSPS) is 10.2. The van der Waals surface area contributed by atoms with Crippen molar-refractivity contribution in [3.8, 4) is 0 Å². The van der Waals surface area contributed by atoms with Crippen molar-refractivity contribution in [2.45, 2.75) is 6.92 Å². The van der Waals surface area contributed by atoms with Crippen LogP contribution in [0.1, 0.15) is 15.9 Å². The van der Waals surface area contributed by atoms with Crippen LogP contribution >= 0.6 is 15.9 Å². The molecule has 0 aliphatic heterocycles. The molecule has 0 atom stereocenters. The Morgan fingerprint density at radius 2 is 2.00 bits per heavy atom. The summed E-state index contributed by atoms with van der Waals surface area (Å²) in [4.78, 5) is 20.2. The second-order valence-electron chi connectivity index (χ2n) is 5.24. The molecule has 0 aliphatic rings. The van der Waals surface area contributed by atoms with E-state index in [4.69, 9.17) is 0 Å². The largest absolute Gasteiger partial charge is 0.353 e. The van der Waals surface area contributed by atoms with Crippen molar-refractivity contribution in [2.24, 2.45) is 0 Å². The molecule has 6 heteroatoms.